The molecule has 5 nitrogen and oxygen atoms in total. The Morgan fingerprint density at radius 2 is 2.12 bits per heavy atom. The molecule has 0 spiro atoms. The first-order chi connectivity index (χ1) is 7.58. The average Bonchev–Trinajstić information content (AvgIpc) is 2.28. The predicted molar refractivity (Wildman–Crippen MR) is 60.4 cm³/mol. The third kappa shape index (κ3) is 2.87. The number of hydrogen-bond donors (Lipinski definition) is 0. The van der Waals surface area contributed by atoms with Crippen molar-refractivity contribution >= 4 is 17.7 Å². The van der Waals surface area contributed by atoms with Gasteiger partial charge in [-0.1, -0.05) is 0 Å². The van der Waals surface area contributed by atoms with E-state index >= 15 is 0 Å². The molecule has 0 saturated heterocycles. The van der Waals surface area contributed by atoms with Gasteiger partial charge in [-0.15, -0.1) is 0 Å². The SMILES string of the molecule is COc1ccc(OC)c(/C=C(\Cl)[N+](=O)[O-])c1. The van der Waals surface area contributed by atoms with E-state index in [0.717, 1.165) is 0 Å². The van der Waals surface area contributed by atoms with Crippen molar-refractivity contribution in [3.05, 3.63) is 39.0 Å². The number of rotatable bonds is 4. The number of nitro groups is 1. The van der Waals surface area contributed by atoms with Crippen LogP contribution in [0.5, 0.6) is 11.5 Å². The summed E-state index contributed by atoms with van der Waals surface area (Å²) in [5, 5.41) is 9.91. The number of halogens is 1. The second-order valence-electron chi connectivity index (χ2n) is 2.83. The number of benzene rings is 1. The molecule has 0 radical (unpaired) electrons. The Morgan fingerprint density at radius 3 is 2.62 bits per heavy atom. The molecule has 16 heavy (non-hydrogen) atoms. The van der Waals surface area contributed by atoms with E-state index in [1.165, 1.54) is 20.3 Å². The van der Waals surface area contributed by atoms with Crippen molar-refractivity contribution in [2.75, 3.05) is 14.2 Å². The van der Waals surface area contributed by atoms with Crippen LogP contribution in [0, 0.1) is 10.1 Å². The van der Waals surface area contributed by atoms with Crippen molar-refractivity contribution in [1.82, 2.24) is 0 Å². The zero-order valence-corrected chi connectivity index (χ0v) is 9.52. The molecule has 0 N–H and O–H groups in total. The number of nitrogens with zero attached hydrogens (tertiary/aromatic N) is 1. The normalized spacial score (nSPS) is 11.1. The molecule has 1 aromatic carbocycles. The first-order valence-electron chi connectivity index (χ1n) is 4.32. The van der Waals surface area contributed by atoms with Crippen LogP contribution in [-0.4, -0.2) is 19.1 Å². The molecule has 0 aliphatic carbocycles. The summed E-state index contributed by atoms with van der Waals surface area (Å²) in [4.78, 5) is 9.71. The van der Waals surface area contributed by atoms with Crippen LogP contribution in [0.2, 0.25) is 0 Å². The second-order valence-corrected chi connectivity index (χ2v) is 3.22. The van der Waals surface area contributed by atoms with Gasteiger partial charge in [-0.2, -0.15) is 0 Å². The molecule has 6 heteroatoms. The van der Waals surface area contributed by atoms with Gasteiger partial charge in [0.05, 0.1) is 19.1 Å². The monoisotopic (exact) mass is 243 g/mol. The maximum atomic E-state index is 10.4. The van der Waals surface area contributed by atoms with Crippen LogP contribution in [-0.2, 0) is 0 Å². The van der Waals surface area contributed by atoms with E-state index < -0.39 is 10.1 Å². The summed E-state index contributed by atoms with van der Waals surface area (Å²) >= 11 is 5.44. The Kier molecular flexibility index (Phi) is 4.13. The van der Waals surface area contributed by atoms with Gasteiger partial charge in [-0.05, 0) is 29.8 Å². The molecule has 0 unspecified atom stereocenters. The molecule has 0 atom stereocenters. The van der Waals surface area contributed by atoms with Crippen LogP contribution in [0.15, 0.2) is 23.4 Å². The summed E-state index contributed by atoms with van der Waals surface area (Å²) in [6, 6.07) is 4.94. The highest BCUT2D eigenvalue weighted by Crippen LogP contribution is 2.26. The Labute approximate surface area is 97.4 Å². The fourth-order valence-electron chi connectivity index (χ4n) is 1.13. The molecule has 0 saturated carbocycles. The van der Waals surface area contributed by atoms with Crippen molar-refractivity contribution in [2.24, 2.45) is 0 Å². The van der Waals surface area contributed by atoms with Crippen LogP contribution in [0.4, 0.5) is 0 Å². The minimum absolute atomic E-state index is 0.480. The molecule has 1 rings (SSSR count). The van der Waals surface area contributed by atoms with Crippen LogP contribution in [0.25, 0.3) is 6.08 Å². The highest BCUT2D eigenvalue weighted by molar-refractivity contribution is 6.29. The summed E-state index contributed by atoms with van der Waals surface area (Å²) in [7, 11) is 2.98. The van der Waals surface area contributed by atoms with E-state index in [4.69, 9.17) is 21.1 Å². The standard InChI is InChI=1S/C10H10ClNO4/c1-15-8-3-4-9(16-2)7(5-8)6-10(11)12(13)14/h3-6H,1-2H3/b10-6+. The Balaban J connectivity index is 3.19. The minimum Gasteiger partial charge on any atom is -0.497 e. The number of methoxy groups -OCH3 is 2. The topological polar surface area (TPSA) is 61.6 Å². The minimum atomic E-state index is -0.680. The Bertz CT molecular complexity index is 431. The Hall–Kier alpha value is -1.75. The highest BCUT2D eigenvalue weighted by Gasteiger charge is 2.09. The molecule has 0 amide bonds. The van der Waals surface area contributed by atoms with Crippen LogP contribution in [0.3, 0.4) is 0 Å². The maximum Gasteiger partial charge on any atom is 0.337 e. The maximum absolute atomic E-state index is 10.4. The van der Waals surface area contributed by atoms with Crippen molar-refractivity contribution in [2.45, 2.75) is 0 Å². The van der Waals surface area contributed by atoms with Gasteiger partial charge >= 0.3 is 5.16 Å². The smallest absolute Gasteiger partial charge is 0.337 e. The van der Waals surface area contributed by atoms with Gasteiger partial charge < -0.3 is 9.47 Å². The molecule has 0 aliphatic heterocycles. The third-order valence-corrected chi connectivity index (χ3v) is 2.13. The van der Waals surface area contributed by atoms with Gasteiger partial charge in [0.1, 0.15) is 11.5 Å². The van der Waals surface area contributed by atoms with E-state index in [1.54, 1.807) is 18.2 Å². The second kappa shape index (κ2) is 5.37. The first kappa shape index (κ1) is 12.3. The quantitative estimate of drug-likeness (QED) is 0.463. The van der Waals surface area contributed by atoms with E-state index in [9.17, 15) is 10.1 Å². The van der Waals surface area contributed by atoms with Crippen LogP contribution in [0.1, 0.15) is 5.56 Å². The summed E-state index contributed by atoms with van der Waals surface area (Å²) in [5.74, 6) is 1.06. The summed E-state index contributed by atoms with van der Waals surface area (Å²) in [6.07, 6.45) is 1.21. The first-order valence-corrected chi connectivity index (χ1v) is 4.70. The van der Waals surface area contributed by atoms with Crippen LogP contribution < -0.4 is 9.47 Å². The lowest BCUT2D eigenvalue weighted by atomic mass is 10.2. The molecule has 0 bridgehead atoms. The molecule has 1 aromatic rings. The summed E-state index contributed by atoms with van der Waals surface area (Å²) < 4.78 is 10.0. The van der Waals surface area contributed by atoms with Crippen molar-refractivity contribution in [3.8, 4) is 11.5 Å². The van der Waals surface area contributed by atoms with E-state index in [0.29, 0.717) is 17.1 Å². The molecular formula is C10H10ClNO4. The van der Waals surface area contributed by atoms with E-state index in [2.05, 4.69) is 0 Å². The van der Waals surface area contributed by atoms with Gasteiger partial charge in [-0.25, -0.2) is 0 Å². The van der Waals surface area contributed by atoms with Crippen molar-refractivity contribution in [1.29, 1.82) is 0 Å². The fourth-order valence-corrected chi connectivity index (χ4v) is 1.25. The van der Waals surface area contributed by atoms with Gasteiger partial charge in [0.25, 0.3) is 0 Å². The predicted octanol–water partition coefficient (Wildman–Crippen LogP) is 2.52. The number of ether oxygens (including phenoxy) is 2. The Morgan fingerprint density at radius 1 is 1.44 bits per heavy atom. The molecule has 0 aromatic heterocycles. The highest BCUT2D eigenvalue weighted by atomic mass is 35.5. The zero-order valence-electron chi connectivity index (χ0n) is 8.77. The molecule has 0 fully saturated rings. The molecule has 0 aliphatic rings. The summed E-state index contributed by atoms with van der Waals surface area (Å²) in [6.45, 7) is 0. The lowest BCUT2D eigenvalue weighted by molar-refractivity contribution is -0.410. The number of hydrogen-bond acceptors (Lipinski definition) is 4. The van der Waals surface area contributed by atoms with Crippen LogP contribution >= 0.6 is 11.6 Å². The van der Waals surface area contributed by atoms with E-state index in [-0.39, 0.29) is 0 Å². The van der Waals surface area contributed by atoms with Gasteiger partial charge in [0, 0.05) is 11.6 Å². The molecule has 0 heterocycles. The van der Waals surface area contributed by atoms with Crippen molar-refractivity contribution in [3.63, 3.8) is 0 Å². The zero-order chi connectivity index (χ0) is 12.1. The lowest BCUT2D eigenvalue weighted by Crippen LogP contribution is -1.93. The molecular weight excluding hydrogens is 234 g/mol. The average molecular weight is 244 g/mol. The van der Waals surface area contributed by atoms with Gasteiger partial charge in [0.2, 0.25) is 0 Å². The summed E-state index contributed by atoms with van der Waals surface area (Å²) in [5.41, 5.74) is 0.489. The fraction of sp³-hybridized carbons (Fsp3) is 0.200. The largest absolute Gasteiger partial charge is 0.497 e. The third-order valence-electron chi connectivity index (χ3n) is 1.89. The molecule has 86 valence electrons. The van der Waals surface area contributed by atoms with Crippen molar-refractivity contribution < 1.29 is 14.4 Å². The van der Waals surface area contributed by atoms with E-state index in [1.807, 2.05) is 0 Å². The van der Waals surface area contributed by atoms with Gasteiger partial charge in [0.15, 0.2) is 0 Å². The lowest BCUT2D eigenvalue weighted by Gasteiger charge is -2.06. The van der Waals surface area contributed by atoms with Gasteiger partial charge in [-0.3, -0.25) is 10.1 Å².